The number of unbranched alkanes of at least 4 members (excludes halogenated alkanes) is 1. The van der Waals surface area contributed by atoms with Gasteiger partial charge in [-0.3, -0.25) is 4.79 Å². The lowest BCUT2D eigenvalue weighted by Crippen LogP contribution is -2.08. The van der Waals surface area contributed by atoms with E-state index in [0.29, 0.717) is 17.4 Å². The van der Waals surface area contributed by atoms with Gasteiger partial charge in [-0.2, -0.15) is 0 Å². The first kappa shape index (κ1) is 15.5. The number of aromatic nitrogens is 2. The summed E-state index contributed by atoms with van der Waals surface area (Å²) in [6, 6.07) is 8.24. The predicted molar refractivity (Wildman–Crippen MR) is 89.5 cm³/mol. The molecule has 0 unspecified atom stereocenters. The zero-order valence-electron chi connectivity index (χ0n) is 11.3. The Morgan fingerprint density at radius 1 is 1.35 bits per heavy atom. The maximum absolute atomic E-state index is 11.2. The summed E-state index contributed by atoms with van der Waals surface area (Å²) < 4.78 is 3.12. The van der Waals surface area contributed by atoms with Gasteiger partial charge in [-0.05, 0) is 46.7 Å². The van der Waals surface area contributed by atoms with E-state index in [0.717, 1.165) is 36.9 Å². The van der Waals surface area contributed by atoms with Gasteiger partial charge in [-0.15, -0.1) is 0 Å². The number of halogens is 2. The van der Waals surface area contributed by atoms with Gasteiger partial charge in [0.05, 0.1) is 0 Å². The van der Waals surface area contributed by atoms with Gasteiger partial charge in [0.15, 0.2) is 11.4 Å². The standard InChI is InChI=1S/C15H16ClIN2O/c1-2-3-4-14-18-15(16)13(10-20)19(14)9-11-5-7-12(17)8-6-11/h5-8,10H,2-4,9H2,1H3. The lowest BCUT2D eigenvalue weighted by molar-refractivity contribution is 0.111. The predicted octanol–water partition coefficient (Wildman–Crippen LogP) is 4.34. The fourth-order valence-electron chi connectivity index (χ4n) is 2.07. The van der Waals surface area contributed by atoms with Crippen LogP contribution in [0.1, 0.15) is 41.6 Å². The molecule has 106 valence electrons. The second-order valence-corrected chi connectivity index (χ2v) is 6.24. The number of aldehydes is 1. The number of hydrogen-bond donors (Lipinski definition) is 0. The van der Waals surface area contributed by atoms with Crippen molar-refractivity contribution in [1.82, 2.24) is 9.55 Å². The number of nitrogens with zero attached hydrogens (tertiary/aromatic N) is 2. The molecule has 0 bridgehead atoms. The molecule has 0 spiro atoms. The Morgan fingerprint density at radius 3 is 2.65 bits per heavy atom. The molecule has 0 aliphatic carbocycles. The van der Waals surface area contributed by atoms with Crippen LogP contribution in [0.15, 0.2) is 24.3 Å². The summed E-state index contributed by atoms with van der Waals surface area (Å²) >= 11 is 8.33. The topological polar surface area (TPSA) is 34.9 Å². The summed E-state index contributed by atoms with van der Waals surface area (Å²) in [5, 5.41) is 0.302. The molecule has 0 aliphatic heterocycles. The molecule has 0 N–H and O–H groups in total. The van der Waals surface area contributed by atoms with Crippen molar-refractivity contribution >= 4 is 40.5 Å². The van der Waals surface area contributed by atoms with Crippen LogP contribution in [-0.2, 0) is 13.0 Å². The molecule has 0 amide bonds. The highest BCUT2D eigenvalue weighted by molar-refractivity contribution is 14.1. The van der Waals surface area contributed by atoms with Crippen molar-refractivity contribution in [2.24, 2.45) is 0 Å². The van der Waals surface area contributed by atoms with Gasteiger partial charge < -0.3 is 4.57 Å². The molecule has 5 heteroatoms. The molecule has 0 aliphatic rings. The zero-order chi connectivity index (χ0) is 14.5. The molecule has 0 saturated heterocycles. The van der Waals surface area contributed by atoms with Crippen molar-refractivity contribution in [1.29, 1.82) is 0 Å². The highest BCUT2D eigenvalue weighted by Gasteiger charge is 2.15. The van der Waals surface area contributed by atoms with Crippen molar-refractivity contribution < 1.29 is 4.79 Å². The molecule has 3 nitrogen and oxygen atoms in total. The second kappa shape index (κ2) is 7.22. The third-order valence-electron chi connectivity index (χ3n) is 3.16. The summed E-state index contributed by atoms with van der Waals surface area (Å²) in [7, 11) is 0. The normalized spacial score (nSPS) is 10.8. The summed E-state index contributed by atoms with van der Waals surface area (Å²) in [6.07, 6.45) is 3.76. The van der Waals surface area contributed by atoms with Crippen LogP contribution in [0.3, 0.4) is 0 Å². The number of aryl methyl sites for hydroxylation is 1. The summed E-state index contributed by atoms with van der Waals surface area (Å²) in [6.45, 7) is 2.76. The summed E-state index contributed by atoms with van der Waals surface area (Å²) in [4.78, 5) is 15.6. The fourth-order valence-corrected chi connectivity index (χ4v) is 2.67. The number of benzene rings is 1. The smallest absolute Gasteiger partial charge is 0.169 e. The van der Waals surface area contributed by atoms with Gasteiger partial charge in [0, 0.05) is 16.5 Å². The largest absolute Gasteiger partial charge is 0.320 e. The summed E-state index contributed by atoms with van der Waals surface area (Å²) in [5.41, 5.74) is 1.61. The van der Waals surface area contributed by atoms with E-state index in [-0.39, 0.29) is 0 Å². The van der Waals surface area contributed by atoms with E-state index in [1.807, 2.05) is 4.57 Å². The van der Waals surface area contributed by atoms with E-state index in [9.17, 15) is 4.79 Å². The minimum Gasteiger partial charge on any atom is -0.320 e. The van der Waals surface area contributed by atoms with Crippen LogP contribution in [0, 0.1) is 3.57 Å². The van der Waals surface area contributed by atoms with Gasteiger partial charge in [-0.25, -0.2) is 4.98 Å². The molecule has 1 aromatic heterocycles. The molecule has 2 rings (SSSR count). The molecule has 0 fully saturated rings. The van der Waals surface area contributed by atoms with Crippen molar-refractivity contribution in [3.8, 4) is 0 Å². The van der Waals surface area contributed by atoms with Crippen LogP contribution in [0.25, 0.3) is 0 Å². The molecular weight excluding hydrogens is 387 g/mol. The zero-order valence-corrected chi connectivity index (χ0v) is 14.2. The lowest BCUT2D eigenvalue weighted by atomic mass is 10.2. The number of carbonyl (C=O) groups is 1. The average Bonchev–Trinajstić information content (AvgIpc) is 2.74. The highest BCUT2D eigenvalue weighted by atomic mass is 127. The third kappa shape index (κ3) is 3.61. The second-order valence-electron chi connectivity index (χ2n) is 4.64. The number of imidazole rings is 1. The van der Waals surface area contributed by atoms with Crippen molar-refractivity contribution in [2.45, 2.75) is 32.7 Å². The van der Waals surface area contributed by atoms with Crippen molar-refractivity contribution in [3.05, 3.63) is 50.1 Å². The molecule has 0 saturated carbocycles. The van der Waals surface area contributed by atoms with Crippen molar-refractivity contribution in [2.75, 3.05) is 0 Å². The van der Waals surface area contributed by atoms with Crippen LogP contribution in [0.4, 0.5) is 0 Å². The molecule has 1 aromatic carbocycles. The maximum atomic E-state index is 11.2. The van der Waals surface area contributed by atoms with E-state index in [2.05, 4.69) is 58.8 Å². The third-order valence-corrected chi connectivity index (χ3v) is 4.16. The van der Waals surface area contributed by atoms with Gasteiger partial charge in [0.2, 0.25) is 0 Å². The molecule has 1 heterocycles. The monoisotopic (exact) mass is 402 g/mol. The number of carbonyl (C=O) groups excluding carboxylic acids is 1. The first-order chi connectivity index (χ1) is 9.65. The van der Waals surface area contributed by atoms with Crippen molar-refractivity contribution in [3.63, 3.8) is 0 Å². The van der Waals surface area contributed by atoms with E-state index in [1.165, 1.54) is 3.57 Å². The minimum atomic E-state index is 0.302. The minimum absolute atomic E-state index is 0.302. The van der Waals surface area contributed by atoms with Crippen LogP contribution >= 0.6 is 34.2 Å². The Hall–Kier alpha value is -0.880. The van der Waals surface area contributed by atoms with Gasteiger partial charge in [0.1, 0.15) is 11.5 Å². The highest BCUT2D eigenvalue weighted by Crippen LogP contribution is 2.19. The molecule has 0 atom stereocenters. The average molecular weight is 403 g/mol. The molecule has 20 heavy (non-hydrogen) atoms. The van der Waals surface area contributed by atoms with Crippen LogP contribution in [0.2, 0.25) is 5.15 Å². The van der Waals surface area contributed by atoms with E-state index in [4.69, 9.17) is 11.6 Å². The van der Waals surface area contributed by atoms with Gasteiger partial charge >= 0.3 is 0 Å². The van der Waals surface area contributed by atoms with Gasteiger partial charge in [-0.1, -0.05) is 37.1 Å². The molecular formula is C15H16ClIN2O. The number of rotatable bonds is 6. The quantitative estimate of drug-likeness (QED) is 0.532. The van der Waals surface area contributed by atoms with Crippen LogP contribution < -0.4 is 0 Å². The van der Waals surface area contributed by atoms with E-state index < -0.39 is 0 Å². The van der Waals surface area contributed by atoms with Gasteiger partial charge in [0.25, 0.3) is 0 Å². The Balaban J connectivity index is 2.32. The van der Waals surface area contributed by atoms with Crippen LogP contribution in [0.5, 0.6) is 0 Å². The molecule has 2 aromatic rings. The summed E-state index contributed by atoms with van der Waals surface area (Å²) in [5.74, 6) is 0.887. The van der Waals surface area contributed by atoms with Crippen LogP contribution in [-0.4, -0.2) is 15.8 Å². The maximum Gasteiger partial charge on any atom is 0.169 e. The Bertz CT molecular complexity index is 593. The Labute approximate surface area is 137 Å². The first-order valence-electron chi connectivity index (χ1n) is 6.60. The first-order valence-corrected chi connectivity index (χ1v) is 8.06. The number of hydrogen-bond acceptors (Lipinski definition) is 2. The van der Waals surface area contributed by atoms with E-state index >= 15 is 0 Å². The Kier molecular flexibility index (Phi) is 5.60. The fraction of sp³-hybridized carbons (Fsp3) is 0.333. The Morgan fingerprint density at radius 2 is 2.05 bits per heavy atom. The van der Waals surface area contributed by atoms with E-state index in [1.54, 1.807) is 0 Å². The molecule has 0 radical (unpaired) electrons. The SMILES string of the molecule is CCCCc1nc(Cl)c(C=O)n1Cc1ccc(I)cc1. The lowest BCUT2D eigenvalue weighted by Gasteiger charge is -2.09.